The second-order valence-electron chi connectivity index (χ2n) is 5.05. The maximum absolute atomic E-state index is 4.55. The van der Waals surface area contributed by atoms with E-state index in [2.05, 4.69) is 51.7 Å². The topological polar surface area (TPSA) is 56.0 Å². The zero-order chi connectivity index (χ0) is 15.2. The number of nitrogens with zero attached hydrogens (tertiary/aromatic N) is 5. The van der Waals surface area contributed by atoms with E-state index in [-0.39, 0.29) is 6.04 Å². The summed E-state index contributed by atoms with van der Waals surface area (Å²) >= 11 is 0. The summed E-state index contributed by atoms with van der Waals surface area (Å²) in [6, 6.07) is 20.3. The molecule has 0 radical (unpaired) electrons. The quantitative estimate of drug-likeness (QED) is 0.679. The molecule has 0 saturated carbocycles. The van der Waals surface area contributed by atoms with Crippen LogP contribution in [0.25, 0.3) is 0 Å². The molecular weight excluding hydrogens is 274 g/mol. The van der Waals surface area contributed by atoms with Crippen LogP contribution in [0.5, 0.6) is 0 Å². The van der Waals surface area contributed by atoms with Gasteiger partial charge in [0.15, 0.2) is 5.82 Å². The molecule has 0 fully saturated rings. The highest BCUT2D eigenvalue weighted by Crippen LogP contribution is 2.15. The standard InChI is InChI=1S/C17H17N5/c1-14(16-10-6-3-7-11-16)18-12-17-19-20-21-22(17)13-15-8-4-2-5-9-15/h2-12,14H,13H2,1H3/t14-/m1/s1. The van der Waals surface area contributed by atoms with Gasteiger partial charge in [0.25, 0.3) is 0 Å². The SMILES string of the molecule is C[C@@H](N=Cc1nnnn1Cc1ccccc1)c1ccccc1. The van der Waals surface area contributed by atoms with Crippen molar-refractivity contribution in [1.82, 2.24) is 20.2 Å². The highest BCUT2D eigenvalue weighted by Gasteiger charge is 2.06. The van der Waals surface area contributed by atoms with Crippen LogP contribution in [-0.2, 0) is 6.54 Å². The Morgan fingerprint density at radius 3 is 2.45 bits per heavy atom. The fourth-order valence-electron chi connectivity index (χ4n) is 2.17. The molecule has 2 aromatic carbocycles. The van der Waals surface area contributed by atoms with Crippen molar-refractivity contribution in [2.24, 2.45) is 4.99 Å². The summed E-state index contributed by atoms with van der Waals surface area (Å²) in [5.41, 5.74) is 2.32. The van der Waals surface area contributed by atoms with Crippen LogP contribution in [-0.4, -0.2) is 26.4 Å². The maximum atomic E-state index is 4.55. The second kappa shape index (κ2) is 6.76. The lowest BCUT2D eigenvalue weighted by atomic mass is 10.1. The summed E-state index contributed by atoms with van der Waals surface area (Å²) in [5, 5.41) is 11.8. The van der Waals surface area contributed by atoms with Crippen molar-refractivity contribution in [1.29, 1.82) is 0 Å². The van der Waals surface area contributed by atoms with E-state index >= 15 is 0 Å². The fourth-order valence-corrected chi connectivity index (χ4v) is 2.17. The zero-order valence-corrected chi connectivity index (χ0v) is 12.4. The first kappa shape index (κ1) is 14.1. The van der Waals surface area contributed by atoms with Crippen molar-refractivity contribution in [3.63, 3.8) is 0 Å². The van der Waals surface area contributed by atoms with Crippen LogP contribution in [0.3, 0.4) is 0 Å². The van der Waals surface area contributed by atoms with Gasteiger partial charge < -0.3 is 0 Å². The predicted molar refractivity (Wildman–Crippen MR) is 85.8 cm³/mol. The Morgan fingerprint density at radius 1 is 1.05 bits per heavy atom. The van der Waals surface area contributed by atoms with E-state index < -0.39 is 0 Å². The van der Waals surface area contributed by atoms with Gasteiger partial charge in [-0.2, -0.15) is 0 Å². The van der Waals surface area contributed by atoms with Crippen molar-refractivity contribution in [3.05, 3.63) is 77.6 Å². The molecule has 110 valence electrons. The molecule has 0 aliphatic rings. The molecule has 0 aliphatic carbocycles. The third kappa shape index (κ3) is 3.44. The molecule has 5 nitrogen and oxygen atoms in total. The fraction of sp³-hybridized carbons (Fsp3) is 0.176. The average Bonchev–Trinajstić information content (AvgIpc) is 3.01. The molecule has 0 spiro atoms. The van der Waals surface area contributed by atoms with Gasteiger partial charge in [-0.15, -0.1) is 5.10 Å². The Labute approximate surface area is 129 Å². The average molecular weight is 291 g/mol. The van der Waals surface area contributed by atoms with Crippen LogP contribution in [0.2, 0.25) is 0 Å². The smallest absolute Gasteiger partial charge is 0.193 e. The molecule has 0 aliphatic heterocycles. The summed E-state index contributed by atoms with van der Waals surface area (Å²) in [4.78, 5) is 4.55. The normalized spacial score (nSPS) is 12.6. The summed E-state index contributed by atoms with van der Waals surface area (Å²) in [7, 11) is 0. The lowest BCUT2D eigenvalue weighted by Crippen LogP contribution is -2.07. The lowest BCUT2D eigenvalue weighted by molar-refractivity contribution is 0.644. The second-order valence-corrected chi connectivity index (χ2v) is 5.05. The van der Waals surface area contributed by atoms with Crippen molar-refractivity contribution < 1.29 is 0 Å². The van der Waals surface area contributed by atoms with Gasteiger partial charge in [0, 0.05) is 0 Å². The van der Waals surface area contributed by atoms with Crippen molar-refractivity contribution in [2.75, 3.05) is 0 Å². The largest absolute Gasteiger partial charge is 0.281 e. The Balaban J connectivity index is 1.74. The van der Waals surface area contributed by atoms with Gasteiger partial charge in [0.2, 0.25) is 0 Å². The Morgan fingerprint density at radius 2 is 1.73 bits per heavy atom. The lowest BCUT2D eigenvalue weighted by Gasteiger charge is -2.06. The minimum atomic E-state index is 0.0723. The van der Waals surface area contributed by atoms with Gasteiger partial charge in [0.05, 0.1) is 18.8 Å². The molecule has 1 aromatic heterocycles. The molecule has 22 heavy (non-hydrogen) atoms. The first-order valence-corrected chi connectivity index (χ1v) is 7.21. The highest BCUT2D eigenvalue weighted by molar-refractivity contribution is 5.74. The zero-order valence-electron chi connectivity index (χ0n) is 12.4. The first-order chi connectivity index (χ1) is 10.8. The molecule has 0 amide bonds. The number of aromatic nitrogens is 4. The van der Waals surface area contributed by atoms with Crippen LogP contribution in [0, 0.1) is 0 Å². The number of aliphatic imine (C=N–C) groups is 1. The van der Waals surface area contributed by atoms with Gasteiger partial charge in [-0.05, 0) is 28.5 Å². The molecule has 1 atom stereocenters. The van der Waals surface area contributed by atoms with E-state index in [4.69, 9.17) is 0 Å². The van der Waals surface area contributed by atoms with Crippen LogP contribution < -0.4 is 0 Å². The van der Waals surface area contributed by atoms with Crippen LogP contribution >= 0.6 is 0 Å². The Kier molecular flexibility index (Phi) is 4.34. The molecular formula is C17H17N5. The van der Waals surface area contributed by atoms with Gasteiger partial charge in [-0.1, -0.05) is 60.7 Å². The van der Waals surface area contributed by atoms with Gasteiger partial charge >= 0.3 is 0 Å². The number of rotatable bonds is 5. The summed E-state index contributed by atoms with van der Waals surface area (Å²) in [6.45, 7) is 2.69. The Hall–Kier alpha value is -2.82. The summed E-state index contributed by atoms with van der Waals surface area (Å²) < 4.78 is 1.75. The molecule has 0 unspecified atom stereocenters. The van der Waals surface area contributed by atoms with E-state index in [1.807, 2.05) is 36.4 Å². The molecule has 0 bridgehead atoms. The van der Waals surface area contributed by atoms with Crippen LogP contribution in [0.4, 0.5) is 0 Å². The van der Waals surface area contributed by atoms with E-state index in [0.29, 0.717) is 12.4 Å². The molecule has 5 heteroatoms. The third-order valence-electron chi connectivity index (χ3n) is 3.43. The number of benzene rings is 2. The molecule has 0 saturated heterocycles. The maximum Gasteiger partial charge on any atom is 0.193 e. The van der Waals surface area contributed by atoms with Gasteiger partial charge in [-0.3, -0.25) is 4.99 Å². The number of hydrogen-bond donors (Lipinski definition) is 0. The number of hydrogen-bond acceptors (Lipinski definition) is 4. The predicted octanol–water partition coefficient (Wildman–Crippen LogP) is 2.90. The van der Waals surface area contributed by atoms with E-state index in [1.54, 1.807) is 10.9 Å². The molecule has 3 aromatic rings. The van der Waals surface area contributed by atoms with Gasteiger partial charge in [0.1, 0.15) is 0 Å². The number of tetrazole rings is 1. The van der Waals surface area contributed by atoms with Gasteiger partial charge in [-0.25, -0.2) is 4.68 Å². The van der Waals surface area contributed by atoms with Crippen LogP contribution in [0.15, 0.2) is 65.7 Å². The van der Waals surface area contributed by atoms with Crippen molar-refractivity contribution in [3.8, 4) is 0 Å². The van der Waals surface area contributed by atoms with E-state index in [0.717, 1.165) is 5.56 Å². The van der Waals surface area contributed by atoms with Crippen molar-refractivity contribution >= 4 is 6.21 Å². The van der Waals surface area contributed by atoms with E-state index in [1.165, 1.54) is 5.56 Å². The third-order valence-corrected chi connectivity index (χ3v) is 3.43. The molecule has 0 N–H and O–H groups in total. The Bertz CT molecular complexity index is 734. The first-order valence-electron chi connectivity index (χ1n) is 7.21. The minimum Gasteiger partial charge on any atom is -0.281 e. The van der Waals surface area contributed by atoms with Crippen LogP contribution in [0.1, 0.15) is 29.9 Å². The van der Waals surface area contributed by atoms with Crippen molar-refractivity contribution in [2.45, 2.75) is 19.5 Å². The molecule has 3 rings (SSSR count). The minimum absolute atomic E-state index is 0.0723. The summed E-state index contributed by atoms with van der Waals surface area (Å²) in [5.74, 6) is 0.659. The van der Waals surface area contributed by atoms with E-state index in [9.17, 15) is 0 Å². The summed E-state index contributed by atoms with van der Waals surface area (Å²) in [6.07, 6.45) is 1.74. The highest BCUT2D eigenvalue weighted by atomic mass is 15.5. The monoisotopic (exact) mass is 291 g/mol. The molecule has 1 heterocycles.